The second-order valence-electron chi connectivity index (χ2n) is 4.89. The highest BCUT2D eigenvalue weighted by molar-refractivity contribution is 7.98. The van der Waals surface area contributed by atoms with Crippen LogP contribution in [0.3, 0.4) is 0 Å². The SMILES string of the molecule is CSCC(C)N(C)C(=O)C1CC(C)CCN1. The number of hydrogen-bond acceptors (Lipinski definition) is 3. The second-order valence-corrected chi connectivity index (χ2v) is 5.80. The van der Waals surface area contributed by atoms with E-state index in [4.69, 9.17) is 0 Å². The maximum Gasteiger partial charge on any atom is 0.239 e. The molecular formula is C12H24N2OS. The highest BCUT2D eigenvalue weighted by Crippen LogP contribution is 2.17. The molecule has 94 valence electrons. The van der Waals surface area contributed by atoms with Crippen molar-refractivity contribution in [1.82, 2.24) is 10.2 Å². The number of likely N-dealkylation sites (N-methyl/N-ethyl adjacent to an activating group) is 1. The van der Waals surface area contributed by atoms with Crippen molar-refractivity contribution >= 4 is 17.7 Å². The third kappa shape index (κ3) is 3.67. The van der Waals surface area contributed by atoms with Gasteiger partial charge in [0.1, 0.15) is 0 Å². The van der Waals surface area contributed by atoms with Gasteiger partial charge in [0, 0.05) is 18.8 Å². The molecular weight excluding hydrogens is 220 g/mol. The van der Waals surface area contributed by atoms with Crippen LogP contribution in [0.15, 0.2) is 0 Å². The van der Waals surface area contributed by atoms with Gasteiger partial charge in [0.15, 0.2) is 0 Å². The summed E-state index contributed by atoms with van der Waals surface area (Å²) in [6, 6.07) is 0.361. The lowest BCUT2D eigenvalue weighted by atomic mass is 9.93. The van der Waals surface area contributed by atoms with Gasteiger partial charge in [-0.1, -0.05) is 6.92 Å². The van der Waals surface area contributed by atoms with Gasteiger partial charge < -0.3 is 10.2 Å². The standard InChI is InChI=1S/C12H24N2OS/c1-9-5-6-13-11(7-9)12(15)14(3)10(2)8-16-4/h9-11,13H,5-8H2,1-4H3. The Bertz CT molecular complexity index is 235. The molecule has 1 saturated heterocycles. The summed E-state index contributed by atoms with van der Waals surface area (Å²) < 4.78 is 0. The van der Waals surface area contributed by atoms with Crippen LogP contribution in [0.4, 0.5) is 0 Å². The summed E-state index contributed by atoms with van der Waals surface area (Å²) in [4.78, 5) is 14.1. The topological polar surface area (TPSA) is 32.3 Å². The molecule has 16 heavy (non-hydrogen) atoms. The predicted molar refractivity (Wildman–Crippen MR) is 70.8 cm³/mol. The van der Waals surface area contributed by atoms with Gasteiger partial charge in [0.2, 0.25) is 5.91 Å². The molecule has 0 aliphatic carbocycles. The lowest BCUT2D eigenvalue weighted by Gasteiger charge is -2.33. The molecule has 3 nitrogen and oxygen atoms in total. The third-order valence-electron chi connectivity index (χ3n) is 3.38. The van der Waals surface area contributed by atoms with Crippen LogP contribution in [0, 0.1) is 5.92 Å². The number of hydrogen-bond donors (Lipinski definition) is 1. The largest absolute Gasteiger partial charge is 0.341 e. The van der Waals surface area contributed by atoms with Crippen molar-refractivity contribution in [3.8, 4) is 0 Å². The maximum absolute atomic E-state index is 12.2. The predicted octanol–water partition coefficient (Wildman–Crippen LogP) is 1.58. The number of carbonyl (C=O) groups excluding carboxylic acids is 1. The zero-order valence-corrected chi connectivity index (χ0v) is 11.6. The Balaban J connectivity index is 2.48. The smallest absolute Gasteiger partial charge is 0.239 e. The Kier molecular flexibility index (Phi) is 5.62. The van der Waals surface area contributed by atoms with Gasteiger partial charge in [-0.15, -0.1) is 0 Å². The Morgan fingerprint density at radius 3 is 2.88 bits per heavy atom. The molecule has 0 bridgehead atoms. The van der Waals surface area contributed by atoms with Crippen LogP contribution in [-0.2, 0) is 4.79 Å². The van der Waals surface area contributed by atoms with Gasteiger partial charge in [0.25, 0.3) is 0 Å². The molecule has 1 amide bonds. The number of thioether (sulfide) groups is 1. The molecule has 1 fully saturated rings. The molecule has 1 aliphatic rings. The van der Waals surface area contributed by atoms with Gasteiger partial charge in [-0.05, 0) is 38.5 Å². The summed E-state index contributed by atoms with van der Waals surface area (Å²) in [5, 5.41) is 3.33. The Morgan fingerprint density at radius 2 is 2.31 bits per heavy atom. The van der Waals surface area contributed by atoms with Gasteiger partial charge in [-0.2, -0.15) is 11.8 Å². The van der Waals surface area contributed by atoms with Crippen LogP contribution >= 0.6 is 11.8 Å². The first-order chi connectivity index (χ1) is 7.56. The number of rotatable bonds is 4. The van der Waals surface area contributed by atoms with Gasteiger partial charge >= 0.3 is 0 Å². The Morgan fingerprint density at radius 1 is 1.62 bits per heavy atom. The van der Waals surface area contributed by atoms with Crippen LogP contribution in [0.25, 0.3) is 0 Å². The first kappa shape index (κ1) is 13.8. The van der Waals surface area contributed by atoms with E-state index in [1.54, 1.807) is 11.8 Å². The molecule has 1 N–H and O–H groups in total. The van der Waals surface area contributed by atoms with Crippen molar-refractivity contribution in [3.63, 3.8) is 0 Å². The van der Waals surface area contributed by atoms with E-state index in [1.165, 1.54) is 6.42 Å². The number of carbonyl (C=O) groups is 1. The fraction of sp³-hybridized carbons (Fsp3) is 0.917. The molecule has 0 radical (unpaired) electrons. The average Bonchev–Trinajstić information content (AvgIpc) is 2.27. The molecule has 0 saturated carbocycles. The molecule has 3 unspecified atom stereocenters. The quantitative estimate of drug-likeness (QED) is 0.815. The minimum atomic E-state index is 0.0399. The lowest BCUT2D eigenvalue weighted by Crippen LogP contribution is -2.51. The summed E-state index contributed by atoms with van der Waals surface area (Å²) in [5.74, 6) is 1.93. The minimum absolute atomic E-state index is 0.0399. The van der Waals surface area contributed by atoms with Crippen molar-refractivity contribution in [2.75, 3.05) is 25.6 Å². The zero-order chi connectivity index (χ0) is 12.1. The Labute approximate surface area is 103 Å². The van der Waals surface area contributed by atoms with Crippen LogP contribution < -0.4 is 5.32 Å². The Hall–Kier alpha value is -0.220. The summed E-state index contributed by atoms with van der Waals surface area (Å²) in [7, 11) is 1.92. The lowest BCUT2D eigenvalue weighted by molar-refractivity contribution is -0.134. The molecule has 0 aromatic heterocycles. The van der Waals surface area contributed by atoms with E-state index < -0.39 is 0 Å². The van der Waals surface area contributed by atoms with Crippen LogP contribution in [-0.4, -0.2) is 48.5 Å². The van der Waals surface area contributed by atoms with Crippen molar-refractivity contribution in [1.29, 1.82) is 0 Å². The highest BCUT2D eigenvalue weighted by atomic mass is 32.2. The first-order valence-electron chi connectivity index (χ1n) is 6.05. The van der Waals surface area contributed by atoms with Crippen molar-refractivity contribution in [2.45, 2.75) is 38.8 Å². The molecule has 0 aromatic rings. The van der Waals surface area contributed by atoms with E-state index in [0.717, 1.165) is 18.7 Å². The van der Waals surface area contributed by atoms with Crippen LogP contribution in [0.5, 0.6) is 0 Å². The van der Waals surface area contributed by atoms with Crippen LogP contribution in [0.1, 0.15) is 26.7 Å². The second kappa shape index (κ2) is 6.50. The van der Waals surface area contributed by atoms with E-state index in [1.807, 2.05) is 11.9 Å². The van der Waals surface area contributed by atoms with Crippen molar-refractivity contribution in [3.05, 3.63) is 0 Å². The third-order valence-corrected chi connectivity index (χ3v) is 4.20. The number of nitrogens with zero attached hydrogens (tertiary/aromatic N) is 1. The molecule has 4 heteroatoms. The molecule has 3 atom stereocenters. The van der Waals surface area contributed by atoms with E-state index in [-0.39, 0.29) is 11.9 Å². The van der Waals surface area contributed by atoms with Gasteiger partial charge in [0.05, 0.1) is 6.04 Å². The van der Waals surface area contributed by atoms with Gasteiger partial charge in [-0.25, -0.2) is 0 Å². The molecule has 1 rings (SSSR count). The monoisotopic (exact) mass is 244 g/mol. The molecule has 0 spiro atoms. The number of piperidine rings is 1. The van der Waals surface area contributed by atoms with E-state index >= 15 is 0 Å². The summed E-state index contributed by atoms with van der Waals surface area (Å²) in [6.45, 7) is 5.31. The molecule has 1 aliphatic heterocycles. The number of nitrogens with one attached hydrogen (secondary N) is 1. The van der Waals surface area contributed by atoms with E-state index in [9.17, 15) is 4.79 Å². The molecule has 0 aromatic carbocycles. The zero-order valence-electron chi connectivity index (χ0n) is 10.8. The highest BCUT2D eigenvalue weighted by Gasteiger charge is 2.28. The summed E-state index contributed by atoms with van der Waals surface area (Å²) >= 11 is 1.79. The average molecular weight is 244 g/mol. The fourth-order valence-corrected chi connectivity index (χ4v) is 2.82. The first-order valence-corrected chi connectivity index (χ1v) is 7.44. The van der Waals surface area contributed by atoms with Crippen LogP contribution in [0.2, 0.25) is 0 Å². The van der Waals surface area contributed by atoms with E-state index in [0.29, 0.717) is 12.0 Å². The summed E-state index contributed by atoms with van der Waals surface area (Å²) in [6.07, 6.45) is 4.25. The van der Waals surface area contributed by atoms with Crippen molar-refractivity contribution < 1.29 is 4.79 Å². The normalized spacial score (nSPS) is 27.5. The van der Waals surface area contributed by atoms with E-state index in [2.05, 4.69) is 25.4 Å². The minimum Gasteiger partial charge on any atom is -0.341 e. The molecule has 1 heterocycles. The van der Waals surface area contributed by atoms with Gasteiger partial charge in [-0.3, -0.25) is 4.79 Å². The fourth-order valence-electron chi connectivity index (χ4n) is 2.11. The maximum atomic E-state index is 12.2. The summed E-state index contributed by atoms with van der Waals surface area (Å²) in [5.41, 5.74) is 0. The number of amides is 1. The van der Waals surface area contributed by atoms with Crippen molar-refractivity contribution in [2.24, 2.45) is 5.92 Å².